The molecule has 0 aromatic heterocycles. The maximum absolute atomic E-state index is 10.5. The Labute approximate surface area is 69.2 Å². The third-order valence-corrected chi connectivity index (χ3v) is 0.900. The first-order valence-electron chi connectivity index (χ1n) is 3.28. The number of rotatable bonds is 3. The van der Waals surface area contributed by atoms with Crippen molar-refractivity contribution in [1.29, 1.82) is 0 Å². The summed E-state index contributed by atoms with van der Waals surface area (Å²) in [5, 5.41) is 11.5. The van der Waals surface area contributed by atoms with Crippen LogP contribution >= 0.6 is 0 Å². The van der Waals surface area contributed by atoms with E-state index in [0.29, 0.717) is 0 Å². The van der Waals surface area contributed by atoms with Gasteiger partial charge in [-0.1, -0.05) is 0 Å². The van der Waals surface area contributed by atoms with Gasteiger partial charge in [-0.2, -0.15) is 5.10 Å². The first-order valence-corrected chi connectivity index (χ1v) is 3.28. The fourth-order valence-corrected chi connectivity index (χ4v) is 0.341. The van der Waals surface area contributed by atoms with Gasteiger partial charge in [0, 0.05) is 0 Å². The Balaban J connectivity index is 3.87. The number of carboxylic acid groups (broad SMARTS) is 1. The van der Waals surface area contributed by atoms with Crippen molar-refractivity contribution >= 4 is 17.8 Å². The SMILES string of the molecule is CCOC(=O)NN=C(C)C(=O)O. The van der Waals surface area contributed by atoms with E-state index < -0.39 is 12.1 Å². The van der Waals surface area contributed by atoms with Gasteiger partial charge in [-0.15, -0.1) is 0 Å². The number of ether oxygens (including phenoxy) is 1. The summed E-state index contributed by atoms with van der Waals surface area (Å²) in [7, 11) is 0. The lowest BCUT2D eigenvalue weighted by Gasteiger charge is -1.98. The van der Waals surface area contributed by atoms with E-state index in [2.05, 4.69) is 9.84 Å². The predicted molar refractivity (Wildman–Crippen MR) is 40.9 cm³/mol. The van der Waals surface area contributed by atoms with E-state index in [1.807, 2.05) is 5.43 Å². The minimum absolute atomic E-state index is 0.206. The maximum Gasteiger partial charge on any atom is 0.427 e. The fourth-order valence-electron chi connectivity index (χ4n) is 0.341. The summed E-state index contributed by atoms with van der Waals surface area (Å²) in [5.41, 5.74) is 1.71. The molecule has 0 saturated carbocycles. The van der Waals surface area contributed by atoms with Crippen molar-refractivity contribution in [2.24, 2.45) is 5.10 Å². The van der Waals surface area contributed by atoms with Crippen molar-refractivity contribution in [2.75, 3.05) is 6.61 Å². The molecule has 0 rings (SSSR count). The van der Waals surface area contributed by atoms with Gasteiger partial charge >= 0.3 is 12.1 Å². The van der Waals surface area contributed by atoms with Crippen LogP contribution in [0.3, 0.4) is 0 Å². The summed E-state index contributed by atoms with van der Waals surface area (Å²) < 4.78 is 4.42. The Morgan fingerprint density at radius 2 is 2.17 bits per heavy atom. The molecule has 0 atom stereocenters. The zero-order chi connectivity index (χ0) is 9.56. The molecule has 0 saturated heterocycles. The quantitative estimate of drug-likeness (QED) is 0.472. The minimum Gasteiger partial charge on any atom is -0.477 e. The number of carbonyl (C=O) groups excluding carboxylic acids is 1. The van der Waals surface area contributed by atoms with Crippen LogP contribution in [0, 0.1) is 0 Å². The van der Waals surface area contributed by atoms with Crippen LogP contribution in [0.15, 0.2) is 5.10 Å². The maximum atomic E-state index is 10.5. The van der Waals surface area contributed by atoms with E-state index in [-0.39, 0.29) is 12.3 Å². The first-order chi connectivity index (χ1) is 5.57. The number of carboxylic acids is 1. The number of hydrogen-bond acceptors (Lipinski definition) is 4. The second kappa shape index (κ2) is 5.11. The van der Waals surface area contributed by atoms with E-state index in [9.17, 15) is 9.59 Å². The molecule has 6 heteroatoms. The van der Waals surface area contributed by atoms with E-state index in [4.69, 9.17) is 5.11 Å². The molecule has 0 spiro atoms. The molecule has 68 valence electrons. The molecule has 0 unspecified atom stereocenters. The molecule has 0 heterocycles. The van der Waals surface area contributed by atoms with Crippen molar-refractivity contribution in [3.8, 4) is 0 Å². The summed E-state index contributed by atoms with van der Waals surface area (Å²) in [6, 6.07) is 0. The molecule has 0 aromatic rings. The van der Waals surface area contributed by atoms with Gasteiger partial charge in [-0.05, 0) is 13.8 Å². The first kappa shape index (κ1) is 10.4. The van der Waals surface area contributed by atoms with Crippen LogP contribution < -0.4 is 5.43 Å². The predicted octanol–water partition coefficient (Wildman–Crippen LogP) is 0.193. The van der Waals surface area contributed by atoms with Crippen LogP contribution in [0.5, 0.6) is 0 Å². The lowest BCUT2D eigenvalue weighted by Crippen LogP contribution is -2.22. The zero-order valence-corrected chi connectivity index (χ0v) is 6.83. The molecule has 2 N–H and O–H groups in total. The normalized spacial score (nSPS) is 10.7. The van der Waals surface area contributed by atoms with Crippen LogP contribution in [-0.4, -0.2) is 29.5 Å². The largest absolute Gasteiger partial charge is 0.477 e. The molecule has 6 nitrogen and oxygen atoms in total. The molecule has 0 aliphatic carbocycles. The van der Waals surface area contributed by atoms with Crippen molar-refractivity contribution in [1.82, 2.24) is 5.43 Å². The highest BCUT2D eigenvalue weighted by Gasteiger charge is 2.02. The monoisotopic (exact) mass is 174 g/mol. The fraction of sp³-hybridized carbons (Fsp3) is 0.500. The number of amides is 1. The second-order valence-electron chi connectivity index (χ2n) is 1.83. The molecular weight excluding hydrogens is 164 g/mol. The summed E-state index contributed by atoms with van der Waals surface area (Å²) >= 11 is 0. The van der Waals surface area contributed by atoms with Gasteiger partial charge in [0.2, 0.25) is 0 Å². The third-order valence-electron chi connectivity index (χ3n) is 0.900. The van der Waals surface area contributed by atoms with Gasteiger partial charge in [0.15, 0.2) is 0 Å². The number of carbonyl (C=O) groups is 2. The number of aliphatic carboxylic acids is 1. The standard InChI is InChI=1S/C6H10N2O4/c1-3-12-6(11)8-7-4(2)5(9)10/h3H2,1-2H3,(H,8,11)(H,9,10). The molecule has 0 fully saturated rings. The molecule has 0 bridgehead atoms. The van der Waals surface area contributed by atoms with Crippen LogP contribution in [0.1, 0.15) is 13.8 Å². The van der Waals surface area contributed by atoms with Crippen LogP contribution in [0.4, 0.5) is 4.79 Å². The van der Waals surface area contributed by atoms with E-state index in [1.54, 1.807) is 6.92 Å². The molecule has 12 heavy (non-hydrogen) atoms. The minimum atomic E-state index is -1.19. The van der Waals surface area contributed by atoms with Crippen molar-refractivity contribution in [2.45, 2.75) is 13.8 Å². The Morgan fingerprint density at radius 3 is 2.58 bits per heavy atom. The van der Waals surface area contributed by atoms with Gasteiger partial charge in [-0.3, -0.25) is 0 Å². The molecule has 0 aliphatic rings. The van der Waals surface area contributed by atoms with Crippen molar-refractivity contribution in [3.63, 3.8) is 0 Å². The highest BCUT2D eigenvalue weighted by Crippen LogP contribution is 1.78. The smallest absolute Gasteiger partial charge is 0.427 e. The molecular formula is C6H10N2O4. The summed E-state index contributed by atoms with van der Waals surface area (Å²) in [6.07, 6.45) is -0.766. The Bertz CT molecular complexity index is 212. The van der Waals surface area contributed by atoms with Crippen LogP contribution in [-0.2, 0) is 9.53 Å². The van der Waals surface area contributed by atoms with Gasteiger partial charge in [0.05, 0.1) is 6.61 Å². The van der Waals surface area contributed by atoms with E-state index >= 15 is 0 Å². The van der Waals surface area contributed by atoms with Gasteiger partial charge in [-0.25, -0.2) is 15.0 Å². The van der Waals surface area contributed by atoms with Crippen LogP contribution in [0.25, 0.3) is 0 Å². The highest BCUT2D eigenvalue weighted by atomic mass is 16.5. The summed E-state index contributed by atoms with van der Waals surface area (Å²) in [4.78, 5) is 20.7. The lowest BCUT2D eigenvalue weighted by atomic mass is 10.4. The number of nitrogens with zero attached hydrogens (tertiary/aromatic N) is 1. The summed E-state index contributed by atoms with van der Waals surface area (Å²) in [5.74, 6) is -1.19. The van der Waals surface area contributed by atoms with Gasteiger partial charge in [0.25, 0.3) is 0 Å². The average molecular weight is 174 g/mol. The molecule has 1 amide bonds. The molecule has 0 radical (unpaired) electrons. The third kappa shape index (κ3) is 4.26. The van der Waals surface area contributed by atoms with Gasteiger partial charge in [0.1, 0.15) is 5.71 Å². The lowest BCUT2D eigenvalue weighted by molar-refractivity contribution is -0.129. The highest BCUT2D eigenvalue weighted by molar-refractivity contribution is 6.34. The van der Waals surface area contributed by atoms with Crippen molar-refractivity contribution < 1.29 is 19.4 Å². The van der Waals surface area contributed by atoms with E-state index in [0.717, 1.165) is 0 Å². The molecule has 0 aromatic carbocycles. The second-order valence-corrected chi connectivity index (χ2v) is 1.83. The Morgan fingerprint density at radius 1 is 1.58 bits per heavy atom. The van der Waals surface area contributed by atoms with Crippen molar-refractivity contribution in [3.05, 3.63) is 0 Å². The number of nitrogens with one attached hydrogen (secondary N) is 1. The number of hydrazone groups is 1. The summed E-state index contributed by atoms with van der Waals surface area (Å²) in [6.45, 7) is 3.11. The average Bonchev–Trinajstić information content (AvgIpc) is 2.00. The Kier molecular flexibility index (Phi) is 4.43. The zero-order valence-electron chi connectivity index (χ0n) is 6.83. The van der Waals surface area contributed by atoms with Crippen LogP contribution in [0.2, 0.25) is 0 Å². The Hall–Kier alpha value is -1.59. The number of hydrogen-bond donors (Lipinski definition) is 2. The topological polar surface area (TPSA) is 88.0 Å². The van der Waals surface area contributed by atoms with Gasteiger partial charge < -0.3 is 9.84 Å². The molecule has 0 aliphatic heterocycles. The van der Waals surface area contributed by atoms with E-state index in [1.165, 1.54) is 6.92 Å².